The molecule has 0 heterocycles. The molecule has 2 aliphatic rings. The summed E-state index contributed by atoms with van der Waals surface area (Å²) in [5, 5.41) is 0.101. The fraction of sp³-hybridized carbons (Fsp3) is 0.600. The molecule has 98 valence electrons. The van der Waals surface area contributed by atoms with Gasteiger partial charge in [-0.15, -0.1) is 11.6 Å². The smallest absolute Gasteiger partial charge is 0.128 e. The predicted molar refractivity (Wildman–Crippen MR) is 72.6 cm³/mol. The van der Waals surface area contributed by atoms with Gasteiger partial charge in [0.1, 0.15) is 18.0 Å². The Bertz CT molecular complexity index is 433. The molecule has 0 amide bonds. The molecule has 18 heavy (non-hydrogen) atoms. The Morgan fingerprint density at radius 3 is 2.89 bits per heavy atom. The van der Waals surface area contributed by atoms with Crippen LogP contribution in [0.1, 0.15) is 30.9 Å². The van der Waals surface area contributed by atoms with Crippen molar-refractivity contribution in [2.45, 2.75) is 50.2 Å². The molecular weight excluding hydrogens is 248 g/mol. The van der Waals surface area contributed by atoms with Crippen molar-refractivity contribution in [3.05, 3.63) is 29.3 Å². The highest BCUT2D eigenvalue weighted by atomic mass is 35.5. The lowest BCUT2D eigenvalue weighted by Crippen LogP contribution is -2.52. The van der Waals surface area contributed by atoms with E-state index in [2.05, 4.69) is 18.2 Å². The summed E-state index contributed by atoms with van der Waals surface area (Å²) in [7, 11) is 0. The van der Waals surface area contributed by atoms with Crippen LogP contribution >= 0.6 is 11.6 Å². The van der Waals surface area contributed by atoms with Crippen molar-refractivity contribution in [2.75, 3.05) is 6.61 Å². The molecule has 1 fully saturated rings. The highest BCUT2D eigenvalue weighted by molar-refractivity contribution is 6.21. The van der Waals surface area contributed by atoms with Crippen LogP contribution < -0.4 is 4.74 Å². The van der Waals surface area contributed by atoms with E-state index in [9.17, 15) is 0 Å². The van der Waals surface area contributed by atoms with Gasteiger partial charge in [0, 0.05) is 13.0 Å². The van der Waals surface area contributed by atoms with Crippen LogP contribution in [0.15, 0.2) is 18.2 Å². The molecule has 3 unspecified atom stereocenters. The highest BCUT2D eigenvalue weighted by Gasteiger charge is 2.42. The zero-order valence-electron chi connectivity index (χ0n) is 10.7. The average Bonchev–Trinajstić information content (AvgIpc) is 2.83. The number of halogens is 1. The third kappa shape index (κ3) is 2.24. The van der Waals surface area contributed by atoms with Crippen LogP contribution in [0.2, 0.25) is 0 Å². The first kappa shape index (κ1) is 12.3. The van der Waals surface area contributed by atoms with Crippen molar-refractivity contribution in [3.63, 3.8) is 0 Å². The van der Waals surface area contributed by atoms with Crippen LogP contribution in [0, 0.1) is 0 Å². The maximum Gasteiger partial charge on any atom is 0.128 e. The van der Waals surface area contributed by atoms with E-state index < -0.39 is 0 Å². The van der Waals surface area contributed by atoms with Gasteiger partial charge in [-0.05, 0) is 49.4 Å². The molecule has 0 aromatic heterocycles. The van der Waals surface area contributed by atoms with Crippen LogP contribution in [-0.4, -0.2) is 24.2 Å². The van der Waals surface area contributed by atoms with Gasteiger partial charge in [-0.3, -0.25) is 0 Å². The Hall–Kier alpha value is -0.730. The number of aryl methyl sites for hydroxylation is 2. The summed E-state index contributed by atoms with van der Waals surface area (Å²) in [5.74, 6) is 0.967. The molecule has 2 nitrogen and oxygen atoms in total. The second kappa shape index (κ2) is 5.10. The molecule has 0 aliphatic heterocycles. The summed E-state index contributed by atoms with van der Waals surface area (Å²) in [5.41, 5.74) is 2.93. The number of benzene rings is 1. The molecule has 2 aliphatic carbocycles. The minimum absolute atomic E-state index is 0.0462. The van der Waals surface area contributed by atoms with E-state index in [0.717, 1.165) is 12.2 Å². The lowest BCUT2D eigenvalue weighted by Gasteiger charge is -2.40. The first-order valence-corrected chi connectivity index (χ1v) is 7.25. The number of alkyl halides is 1. The lowest BCUT2D eigenvalue weighted by atomic mass is 9.91. The Morgan fingerprint density at radius 2 is 2.11 bits per heavy atom. The number of ether oxygens (including phenoxy) is 2. The van der Waals surface area contributed by atoms with Gasteiger partial charge in [0.15, 0.2) is 0 Å². The summed E-state index contributed by atoms with van der Waals surface area (Å²) >= 11 is 6.14. The van der Waals surface area contributed by atoms with Crippen LogP contribution in [0.4, 0.5) is 0 Å². The molecule has 0 bridgehead atoms. The molecule has 0 saturated heterocycles. The van der Waals surface area contributed by atoms with Gasteiger partial charge >= 0.3 is 0 Å². The van der Waals surface area contributed by atoms with Gasteiger partial charge < -0.3 is 9.47 Å². The van der Waals surface area contributed by atoms with Gasteiger partial charge in [-0.25, -0.2) is 0 Å². The third-order valence-corrected chi connectivity index (χ3v) is 4.32. The van der Waals surface area contributed by atoms with E-state index >= 15 is 0 Å². The monoisotopic (exact) mass is 266 g/mol. The van der Waals surface area contributed by atoms with Crippen molar-refractivity contribution >= 4 is 11.6 Å². The van der Waals surface area contributed by atoms with Crippen molar-refractivity contribution in [1.82, 2.24) is 0 Å². The second-order valence-electron chi connectivity index (χ2n) is 5.11. The topological polar surface area (TPSA) is 18.5 Å². The number of fused-ring (bicyclic) bond motifs is 1. The van der Waals surface area contributed by atoms with Gasteiger partial charge in [-0.2, -0.15) is 0 Å². The van der Waals surface area contributed by atoms with E-state index in [1.165, 1.54) is 30.4 Å². The largest absolute Gasteiger partial charge is 0.488 e. The molecule has 0 N–H and O–H groups in total. The number of hydrogen-bond acceptors (Lipinski definition) is 2. The molecule has 0 radical (unpaired) electrons. The lowest BCUT2D eigenvalue weighted by molar-refractivity contribution is -0.0759. The number of hydrogen-bond donors (Lipinski definition) is 0. The first-order chi connectivity index (χ1) is 8.78. The fourth-order valence-electron chi connectivity index (χ4n) is 2.84. The maximum absolute atomic E-state index is 6.14. The van der Waals surface area contributed by atoms with E-state index in [-0.39, 0.29) is 17.6 Å². The molecule has 0 spiro atoms. The number of rotatable bonds is 4. The van der Waals surface area contributed by atoms with Crippen molar-refractivity contribution in [1.29, 1.82) is 0 Å². The summed E-state index contributed by atoms with van der Waals surface area (Å²) in [6.45, 7) is 2.69. The Morgan fingerprint density at radius 1 is 1.28 bits per heavy atom. The van der Waals surface area contributed by atoms with Gasteiger partial charge in [0.05, 0.1) is 5.38 Å². The van der Waals surface area contributed by atoms with E-state index in [0.29, 0.717) is 6.61 Å². The Balaban J connectivity index is 1.66. The van der Waals surface area contributed by atoms with Crippen LogP contribution in [0.25, 0.3) is 0 Å². The highest BCUT2D eigenvalue weighted by Crippen LogP contribution is 2.34. The molecular formula is C15H19ClO2. The summed E-state index contributed by atoms with van der Waals surface area (Å²) in [4.78, 5) is 0. The van der Waals surface area contributed by atoms with Gasteiger partial charge in [0.25, 0.3) is 0 Å². The molecule has 1 saturated carbocycles. The van der Waals surface area contributed by atoms with Crippen LogP contribution in [0.5, 0.6) is 5.75 Å². The van der Waals surface area contributed by atoms with E-state index in [1.807, 2.05) is 6.92 Å². The molecule has 3 atom stereocenters. The summed E-state index contributed by atoms with van der Waals surface area (Å²) in [6.07, 6.45) is 4.71. The second-order valence-corrected chi connectivity index (χ2v) is 5.67. The minimum Gasteiger partial charge on any atom is -0.488 e. The molecule has 1 aromatic carbocycles. The normalized spacial score (nSPS) is 29.8. The SMILES string of the molecule is CCOC1C(Cl)CC1Oc1ccc2c(c1)CCC2. The van der Waals surface area contributed by atoms with E-state index in [1.54, 1.807) is 0 Å². The quantitative estimate of drug-likeness (QED) is 0.779. The Labute approximate surface area is 113 Å². The van der Waals surface area contributed by atoms with Crippen molar-refractivity contribution in [2.24, 2.45) is 0 Å². The summed E-state index contributed by atoms with van der Waals surface area (Å²) in [6, 6.07) is 6.46. The van der Waals surface area contributed by atoms with Crippen molar-refractivity contribution in [3.8, 4) is 5.75 Å². The zero-order chi connectivity index (χ0) is 12.5. The Kier molecular flexibility index (Phi) is 3.49. The zero-order valence-corrected chi connectivity index (χ0v) is 11.5. The maximum atomic E-state index is 6.14. The molecule has 1 aromatic rings. The molecule has 3 heteroatoms. The average molecular weight is 267 g/mol. The standard InChI is InChI=1S/C15H19ClO2/c1-2-17-15-13(16)9-14(15)18-12-7-6-10-4-3-5-11(10)8-12/h6-8,13-15H,2-5,9H2,1H3. The fourth-order valence-corrected chi connectivity index (χ4v) is 3.25. The minimum atomic E-state index is 0.0462. The van der Waals surface area contributed by atoms with Gasteiger partial charge in [-0.1, -0.05) is 6.07 Å². The van der Waals surface area contributed by atoms with Crippen molar-refractivity contribution < 1.29 is 9.47 Å². The van der Waals surface area contributed by atoms with Crippen LogP contribution in [-0.2, 0) is 17.6 Å². The first-order valence-electron chi connectivity index (χ1n) is 6.82. The summed E-state index contributed by atoms with van der Waals surface area (Å²) < 4.78 is 11.6. The molecule has 3 rings (SSSR count). The third-order valence-electron chi connectivity index (χ3n) is 3.90. The van der Waals surface area contributed by atoms with E-state index in [4.69, 9.17) is 21.1 Å². The van der Waals surface area contributed by atoms with Gasteiger partial charge in [0.2, 0.25) is 0 Å². The van der Waals surface area contributed by atoms with Crippen LogP contribution in [0.3, 0.4) is 0 Å². The predicted octanol–water partition coefficient (Wildman–Crippen LogP) is 3.34.